The van der Waals surface area contributed by atoms with Crippen LogP contribution < -0.4 is 19.5 Å². The van der Waals surface area contributed by atoms with E-state index in [-0.39, 0.29) is 5.91 Å². The Kier molecular flexibility index (Phi) is 6.64. The van der Waals surface area contributed by atoms with Crippen molar-refractivity contribution in [3.05, 3.63) is 17.7 Å². The third-order valence-corrected chi connectivity index (χ3v) is 3.23. The smallest absolute Gasteiger partial charge is 0.255 e. The zero-order chi connectivity index (χ0) is 15.1. The Morgan fingerprint density at radius 3 is 2.35 bits per heavy atom. The second-order valence-electron chi connectivity index (χ2n) is 4.21. The fraction of sp³-hybridized carbons (Fsp3) is 0.500. The number of amides is 1. The number of methoxy groups -OCH3 is 3. The molecule has 1 atom stereocenters. The topological polar surface area (TPSA) is 56.8 Å². The van der Waals surface area contributed by atoms with E-state index < -0.39 is 0 Å². The van der Waals surface area contributed by atoms with Crippen molar-refractivity contribution in [3.63, 3.8) is 0 Å². The summed E-state index contributed by atoms with van der Waals surface area (Å²) in [6, 6.07) is 3.34. The molecule has 0 radical (unpaired) electrons. The fourth-order valence-electron chi connectivity index (χ4n) is 1.76. The molecule has 1 amide bonds. The molecule has 0 bridgehead atoms. The van der Waals surface area contributed by atoms with Gasteiger partial charge >= 0.3 is 0 Å². The molecule has 0 aliphatic rings. The first kappa shape index (κ1) is 16.6. The number of hydrogen-bond donors (Lipinski definition) is 1. The maximum atomic E-state index is 12.2. The van der Waals surface area contributed by atoms with Crippen LogP contribution in [0, 0.1) is 0 Å². The molecule has 0 aromatic heterocycles. The summed E-state index contributed by atoms with van der Waals surface area (Å²) in [4.78, 5) is 12.5. The average Bonchev–Trinajstić information content (AvgIpc) is 2.44. The Balaban J connectivity index is 2.97. The summed E-state index contributed by atoms with van der Waals surface area (Å²) in [5.74, 6) is 1.11. The normalized spacial score (nSPS) is 11.7. The van der Waals surface area contributed by atoms with Gasteiger partial charge in [0.25, 0.3) is 5.91 Å². The lowest BCUT2D eigenvalue weighted by Crippen LogP contribution is -2.26. The Bertz CT molecular complexity index is 463. The summed E-state index contributed by atoms with van der Waals surface area (Å²) < 4.78 is 15.7. The standard InChI is InChI=1S/C14H20BrNO4/c1-9(15)7-8-16-14(17)10-5-6-11(18-2)13(20-4)12(10)19-3/h5-6,9H,7-8H2,1-4H3,(H,16,17). The van der Waals surface area contributed by atoms with Crippen LogP contribution in [0.15, 0.2) is 12.1 Å². The zero-order valence-corrected chi connectivity index (χ0v) is 13.7. The maximum Gasteiger partial charge on any atom is 0.255 e. The second kappa shape index (κ2) is 7.99. The largest absolute Gasteiger partial charge is 0.493 e. The van der Waals surface area contributed by atoms with Crippen molar-refractivity contribution in [1.82, 2.24) is 5.32 Å². The number of alkyl halides is 1. The van der Waals surface area contributed by atoms with Crippen LogP contribution >= 0.6 is 15.9 Å². The van der Waals surface area contributed by atoms with E-state index in [1.165, 1.54) is 21.3 Å². The lowest BCUT2D eigenvalue weighted by molar-refractivity contribution is 0.0949. The molecule has 1 N–H and O–H groups in total. The second-order valence-corrected chi connectivity index (χ2v) is 5.77. The molecular formula is C14H20BrNO4. The van der Waals surface area contributed by atoms with Gasteiger partial charge in [0.1, 0.15) is 0 Å². The minimum atomic E-state index is -0.198. The SMILES string of the molecule is COc1ccc(C(=O)NCCC(C)Br)c(OC)c1OC. The van der Waals surface area contributed by atoms with Crippen LogP contribution in [-0.4, -0.2) is 38.6 Å². The van der Waals surface area contributed by atoms with E-state index in [0.717, 1.165) is 6.42 Å². The first-order valence-electron chi connectivity index (χ1n) is 6.26. The van der Waals surface area contributed by atoms with Gasteiger partial charge in [-0.3, -0.25) is 4.79 Å². The molecule has 0 aliphatic carbocycles. The van der Waals surface area contributed by atoms with Crippen LogP contribution in [0.1, 0.15) is 23.7 Å². The molecule has 20 heavy (non-hydrogen) atoms. The predicted octanol–water partition coefficient (Wildman–Crippen LogP) is 2.62. The van der Waals surface area contributed by atoms with E-state index in [9.17, 15) is 4.79 Å². The van der Waals surface area contributed by atoms with Gasteiger partial charge in [0, 0.05) is 11.4 Å². The molecule has 0 aliphatic heterocycles. The number of ether oxygens (including phenoxy) is 3. The molecule has 0 saturated carbocycles. The minimum Gasteiger partial charge on any atom is -0.493 e. The first-order valence-corrected chi connectivity index (χ1v) is 7.17. The third kappa shape index (κ3) is 4.03. The third-order valence-electron chi connectivity index (χ3n) is 2.78. The molecule has 6 heteroatoms. The average molecular weight is 346 g/mol. The number of carbonyl (C=O) groups excluding carboxylic acids is 1. The monoisotopic (exact) mass is 345 g/mol. The number of hydrogen-bond acceptors (Lipinski definition) is 4. The van der Waals surface area contributed by atoms with Crippen molar-refractivity contribution < 1.29 is 19.0 Å². The lowest BCUT2D eigenvalue weighted by Gasteiger charge is -2.15. The molecule has 0 fully saturated rings. The molecular weight excluding hydrogens is 326 g/mol. The quantitative estimate of drug-likeness (QED) is 0.771. The van der Waals surface area contributed by atoms with Crippen molar-refractivity contribution in [1.29, 1.82) is 0 Å². The summed E-state index contributed by atoms with van der Waals surface area (Å²) in [5.41, 5.74) is 0.423. The van der Waals surface area contributed by atoms with Crippen LogP contribution in [-0.2, 0) is 0 Å². The van der Waals surface area contributed by atoms with Gasteiger partial charge < -0.3 is 19.5 Å². The van der Waals surface area contributed by atoms with E-state index in [4.69, 9.17) is 14.2 Å². The summed E-state index contributed by atoms with van der Waals surface area (Å²) in [5, 5.41) is 2.85. The number of benzene rings is 1. The van der Waals surface area contributed by atoms with Crippen LogP contribution in [0.4, 0.5) is 0 Å². The van der Waals surface area contributed by atoms with Gasteiger partial charge in [-0.05, 0) is 18.6 Å². The van der Waals surface area contributed by atoms with Crippen LogP contribution in [0.3, 0.4) is 0 Å². The number of rotatable bonds is 7. The van der Waals surface area contributed by atoms with Gasteiger partial charge in [-0.15, -0.1) is 0 Å². The Morgan fingerprint density at radius 2 is 1.85 bits per heavy atom. The summed E-state index contributed by atoms with van der Waals surface area (Å²) in [6.07, 6.45) is 0.849. The number of nitrogens with one attached hydrogen (secondary N) is 1. The fourth-order valence-corrected chi connectivity index (χ4v) is 1.99. The molecule has 5 nitrogen and oxygen atoms in total. The van der Waals surface area contributed by atoms with Crippen molar-refractivity contribution in [3.8, 4) is 17.2 Å². The Morgan fingerprint density at radius 1 is 1.20 bits per heavy atom. The summed E-state index contributed by atoms with van der Waals surface area (Å²) >= 11 is 3.44. The lowest BCUT2D eigenvalue weighted by atomic mass is 10.1. The van der Waals surface area contributed by atoms with E-state index in [1.807, 2.05) is 6.92 Å². The highest BCUT2D eigenvalue weighted by molar-refractivity contribution is 9.09. The molecule has 1 aromatic carbocycles. The highest BCUT2D eigenvalue weighted by Crippen LogP contribution is 2.39. The van der Waals surface area contributed by atoms with Crippen molar-refractivity contribution in [2.24, 2.45) is 0 Å². The number of halogens is 1. The number of carbonyl (C=O) groups is 1. The molecule has 1 unspecified atom stereocenters. The maximum absolute atomic E-state index is 12.2. The predicted molar refractivity (Wildman–Crippen MR) is 81.4 cm³/mol. The van der Waals surface area contributed by atoms with Gasteiger partial charge in [0.05, 0.1) is 26.9 Å². The van der Waals surface area contributed by atoms with Crippen molar-refractivity contribution >= 4 is 21.8 Å². The van der Waals surface area contributed by atoms with E-state index in [1.54, 1.807) is 12.1 Å². The zero-order valence-electron chi connectivity index (χ0n) is 12.2. The van der Waals surface area contributed by atoms with Crippen molar-refractivity contribution in [2.45, 2.75) is 18.2 Å². The molecule has 0 heterocycles. The Hall–Kier alpha value is -1.43. The first-order chi connectivity index (χ1) is 9.54. The molecule has 1 aromatic rings. The van der Waals surface area contributed by atoms with E-state index in [0.29, 0.717) is 34.2 Å². The van der Waals surface area contributed by atoms with Gasteiger partial charge in [0.15, 0.2) is 11.5 Å². The van der Waals surface area contributed by atoms with Crippen LogP contribution in [0.2, 0.25) is 0 Å². The van der Waals surface area contributed by atoms with Crippen LogP contribution in [0.25, 0.3) is 0 Å². The highest BCUT2D eigenvalue weighted by Gasteiger charge is 2.20. The van der Waals surface area contributed by atoms with Gasteiger partial charge in [-0.2, -0.15) is 0 Å². The molecule has 0 spiro atoms. The van der Waals surface area contributed by atoms with Gasteiger partial charge in [-0.1, -0.05) is 22.9 Å². The molecule has 112 valence electrons. The highest BCUT2D eigenvalue weighted by atomic mass is 79.9. The minimum absolute atomic E-state index is 0.198. The van der Waals surface area contributed by atoms with Gasteiger partial charge in [-0.25, -0.2) is 0 Å². The molecule has 1 rings (SSSR count). The summed E-state index contributed by atoms with van der Waals surface area (Å²) in [6.45, 7) is 2.62. The van der Waals surface area contributed by atoms with E-state index in [2.05, 4.69) is 21.2 Å². The Labute approximate surface area is 127 Å². The van der Waals surface area contributed by atoms with Crippen molar-refractivity contribution in [2.75, 3.05) is 27.9 Å². The summed E-state index contributed by atoms with van der Waals surface area (Å²) in [7, 11) is 4.54. The van der Waals surface area contributed by atoms with Gasteiger partial charge in [0.2, 0.25) is 5.75 Å². The molecule has 0 saturated heterocycles. The van der Waals surface area contributed by atoms with Crippen LogP contribution in [0.5, 0.6) is 17.2 Å². The van der Waals surface area contributed by atoms with E-state index >= 15 is 0 Å².